The Balaban J connectivity index is 1.87. The number of amides is 2. The zero-order chi connectivity index (χ0) is 19.6. The monoisotopic (exact) mass is 383 g/mol. The number of carbonyl (C=O) groups is 2. The molecule has 0 saturated carbocycles. The van der Waals surface area contributed by atoms with E-state index in [4.69, 9.17) is 9.47 Å². The Morgan fingerprint density at radius 1 is 1.22 bits per heavy atom. The van der Waals surface area contributed by atoms with Gasteiger partial charge in [0.25, 0.3) is 0 Å². The highest BCUT2D eigenvalue weighted by Crippen LogP contribution is 2.13. The van der Waals surface area contributed by atoms with Crippen LogP contribution in [-0.4, -0.2) is 93.9 Å². The fraction of sp³-hybridized carbons (Fsp3) is 0.833. The quantitative estimate of drug-likeness (QED) is 0.527. The zero-order valence-corrected chi connectivity index (χ0v) is 16.7. The normalized spacial score (nSPS) is 21.5. The molecule has 2 amide bonds. The molecule has 154 valence electrons. The third-order valence-electron chi connectivity index (χ3n) is 4.91. The average molecular weight is 383 g/mol. The Labute approximate surface area is 161 Å². The lowest BCUT2D eigenvalue weighted by atomic mass is 10.1. The van der Waals surface area contributed by atoms with E-state index in [1.165, 1.54) is 18.4 Å². The van der Waals surface area contributed by atoms with Crippen molar-refractivity contribution in [3.05, 3.63) is 0 Å². The lowest BCUT2D eigenvalue weighted by Crippen LogP contribution is -2.51. The molecule has 1 atom stereocenters. The number of guanidine groups is 1. The predicted octanol–water partition coefficient (Wildman–Crippen LogP) is 0.410. The Bertz CT molecular complexity index is 512. The number of aliphatic imine (C=N–C) groups is 1. The van der Waals surface area contributed by atoms with Gasteiger partial charge in [-0.2, -0.15) is 0 Å². The van der Waals surface area contributed by atoms with E-state index in [1.807, 2.05) is 0 Å². The van der Waals surface area contributed by atoms with Gasteiger partial charge in [0.15, 0.2) is 5.96 Å². The van der Waals surface area contributed by atoms with Crippen molar-refractivity contribution in [2.45, 2.75) is 44.2 Å². The first-order chi connectivity index (χ1) is 13.0. The summed E-state index contributed by atoms with van der Waals surface area (Å²) in [4.78, 5) is 31.1. The summed E-state index contributed by atoms with van der Waals surface area (Å²) in [6.45, 7) is 2.84. The van der Waals surface area contributed by atoms with Gasteiger partial charge in [-0.15, -0.1) is 0 Å². The minimum atomic E-state index is -0.286. The number of carbonyl (C=O) groups excluding carboxylic acids is 2. The highest BCUT2D eigenvalue weighted by Gasteiger charge is 2.24. The number of hydrogen-bond acceptors (Lipinski definition) is 5. The van der Waals surface area contributed by atoms with Crippen molar-refractivity contribution in [3.8, 4) is 0 Å². The largest absolute Gasteiger partial charge is 0.453 e. The molecular weight excluding hydrogens is 350 g/mol. The van der Waals surface area contributed by atoms with E-state index < -0.39 is 0 Å². The van der Waals surface area contributed by atoms with Gasteiger partial charge in [0.05, 0.1) is 13.2 Å². The maximum absolute atomic E-state index is 11.9. The van der Waals surface area contributed by atoms with Crippen LogP contribution in [0, 0.1) is 0 Å². The number of likely N-dealkylation sites (N-methyl/N-ethyl adjacent to an activating group) is 1. The second-order valence-electron chi connectivity index (χ2n) is 7.20. The van der Waals surface area contributed by atoms with Crippen molar-refractivity contribution in [2.75, 3.05) is 54.0 Å². The number of nitrogens with zero attached hydrogens (tertiary/aromatic N) is 3. The summed E-state index contributed by atoms with van der Waals surface area (Å²) < 4.78 is 10.5. The number of piperidine rings is 1. The molecule has 2 heterocycles. The minimum absolute atomic E-state index is 0.0504. The molecule has 0 radical (unpaired) electrons. The first kappa shape index (κ1) is 21.3. The minimum Gasteiger partial charge on any atom is -0.453 e. The van der Waals surface area contributed by atoms with Gasteiger partial charge in [-0.05, 0) is 32.1 Å². The topological polar surface area (TPSA) is 95.5 Å². The van der Waals surface area contributed by atoms with E-state index in [-0.39, 0.29) is 30.7 Å². The molecule has 2 aliphatic rings. The van der Waals surface area contributed by atoms with Gasteiger partial charge in [0.1, 0.15) is 6.54 Å². The van der Waals surface area contributed by atoms with Crippen molar-refractivity contribution in [1.82, 2.24) is 20.4 Å². The molecular formula is C18H33N5O4. The van der Waals surface area contributed by atoms with Crippen LogP contribution in [0.4, 0.5) is 4.79 Å². The summed E-state index contributed by atoms with van der Waals surface area (Å²) in [7, 11) is 4.84. The van der Waals surface area contributed by atoms with Gasteiger partial charge in [-0.25, -0.2) is 9.79 Å². The second-order valence-corrected chi connectivity index (χ2v) is 7.20. The van der Waals surface area contributed by atoms with Gasteiger partial charge in [0, 0.05) is 46.4 Å². The van der Waals surface area contributed by atoms with E-state index in [9.17, 15) is 9.59 Å². The fourth-order valence-electron chi connectivity index (χ4n) is 3.15. The van der Waals surface area contributed by atoms with Gasteiger partial charge in [-0.3, -0.25) is 4.79 Å². The highest BCUT2D eigenvalue weighted by atomic mass is 16.5. The van der Waals surface area contributed by atoms with Gasteiger partial charge >= 0.3 is 6.09 Å². The molecule has 2 aliphatic heterocycles. The Hall–Kier alpha value is -2.03. The molecule has 27 heavy (non-hydrogen) atoms. The summed E-state index contributed by atoms with van der Waals surface area (Å²) in [5.41, 5.74) is 0. The molecule has 0 bridgehead atoms. The van der Waals surface area contributed by atoms with Crippen LogP contribution in [0.2, 0.25) is 0 Å². The predicted molar refractivity (Wildman–Crippen MR) is 103 cm³/mol. The number of likely N-dealkylation sites (tertiary alicyclic amines) is 1. The van der Waals surface area contributed by atoms with E-state index in [1.54, 1.807) is 19.0 Å². The van der Waals surface area contributed by atoms with Gasteiger partial charge in [-0.1, -0.05) is 0 Å². The molecule has 2 saturated heterocycles. The molecule has 9 heteroatoms. The first-order valence-corrected chi connectivity index (χ1v) is 9.69. The number of ether oxygens (including phenoxy) is 2. The molecule has 2 rings (SSSR count). The maximum atomic E-state index is 11.9. The summed E-state index contributed by atoms with van der Waals surface area (Å²) in [6.07, 6.45) is 4.83. The van der Waals surface area contributed by atoms with Crippen LogP contribution in [0.25, 0.3) is 0 Å². The SMILES string of the molecule is COC(=O)N1CCC(NC(=NCC(=O)N(C)C)NCC2CCCCO2)CC1. The number of nitrogens with one attached hydrogen (secondary N) is 2. The average Bonchev–Trinajstić information content (AvgIpc) is 2.70. The van der Waals surface area contributed by atoms with Gasteiger partial charge < -0.3 is 29.9 Å². The lowest BCUT2D eigenvalue weighted by Gasteiger charge is -2.32. The van der Waals surface area contributed by atoms with Crippen molar-refractivity contribution in [3.63, 3.8) is 0 Å². The van der Waals surface area contributed by atoms with Crippen LogP contribution < -0.4 is 10.6 Å². The molecule has 0 spiro atoms. The molecule has 9 nitrogen and oxygen atoms in total. The molecule has 0 aromatic heterocycles. The second kappa shape index (κ2) is 11.0. The number of methoxy groups -OCH3 is 1. The van der Waals surface area contributed by atoms with Gasteiger partial charge in [0.2, 0.25) is 5.91 Å². The van der Waals surface area contributed by atoms with E-state index in [0.29, 0.717) is 25.6 Å². The number of rotatable bonds is 5. The number of hydrogen-bond donors (Lipinski definition) is 2. The molecule has 0 aliphatic carbocycles. The molecule has 0 aromatic carbocycles. The van der Waals surface area contributed by atoms with Crippen LogP contribution in [-0.2, 0) is 14.3 Å². The molecule has 2 N–H and O–H groups in total. The Morgan fingerprint density at radius 3 is 2.56 bits per heavy atom. The van der Waals surface area contributed by atoms with Crippen molar-refractivity contribution < 1.29 is 19.1 Å². The Kier molecular flexibility index (Phi) is 8.63. The summed E-state index contributed by atoms with van der Waals surface area (Å²) in [5.74, 6) is 0.571. The lowest BCUT2D eigenvalue weighted by molar-refractivity contribution is -0.127. The summed E-state index contributed by atoms with van der Waals surface area (Å²) >= 11 is 0. The van der Waals surface area contributed by atoms with Crippen LogP contribution in [0.3, 0.4) is 0 Å². The maximum Gasteiger partial charge on any atom is 0.409 e. The van der Waals surface area contributed by atoms with Crippen LogP contribution >= 0.6 is 0 Å². The van der Waals surface area contributed by atoms with Crippen LogP contribution in [0.5, 0.6) is 0 Å². The molecule has 2 fully saturated rings. The Morgan fingerprint density at radius 2 is 1.96 bits per heavy atom. The zero-order valence-electron chi connectivity index (χ0n) is 16.7. The van der Waals surface area contributed by atoms with Crippen molar-refractivity contribution >= 4 is 18.0 Å². The van der Waals surface area contributed by atoms with Crippen LogP contribution in [0.1, 0.15) is 32.1 Å². The summed E-state index contributed by atoms with van der Waals surface area (Å²) in [5, 5.41) is 6.72. The fourth-order valence-corrected chi connectivity index (χ4v) is 3.15. The van der Waals surface area contributed by atoms with Crippen molar-refractivity contribution in [2.24, 2.45) is 4.99 Å². The third-order valence-corrected chi connectivity index (χ3v) is 4.91. The smallest absolute Gasteiger partial charge is 0.409 e. The standard InChI is InChI=1S/C18H33N5O4/c1-22(2)16(24)13-20-17(19-12-15-6-4-5-11-27-15)21-14-7-9-23(10-8-14)18(25)26-3/h14-15H,4-13H2,1-3H3,(H2,19,20,21). The van der Waals surface area contributed by atoms with Crippen molar-refractivity contribution in [1.29, 1.82) is 0 Å². The molecule has 1 unspecified atom stereocenters. The summed E-state index contributed by atoms with van der Waals surface area (Å²) in [6, 6.07) is 0.193. The molecule has 0 aromatic rings. The first-order valence-electron chi connectivity index (χ1n) is 9.69. The van der Waals surface area contributed by atoms with E-state index >= 15 is 0 Å². The van der Waals surface area contributed by atoms with E-state index in [0.717, 1.165) is 32.3 Å². The highest BCUT2D eigenvalue weighted by molar-refractivity contribution is 5.85. The van der Waals surface area contributed by atoms with Crippen LogP contribution in [0.15, 0.2) is 4.99 Å². The van der Waals surface area contributed by atoms with E-state index in [2.05, 4.69) is 15.6 Å². The third kappa shape index (κ3) is 7.24.